The Morgan fingerprint density at radius 3 is 2.76 bits per heavy atom. The van der Waals surface area contributed by atoms with Gasteiger partial charge < -0.3 is 10.1 Å². The maximum Gasteiger partial charge on any atom is 0.306 e. The summed E-state index contributed by atoms with van der Waals surface area (Å²) in [6.07, 6.45) is 3.82. The molecule has 0 radical (unpaired) electrons. The van der Waals surface area contributed by atoms with Crippen molar-refractivity contribution >= 4 is 39.2 Å². The lowest BCUT2D eigenvalue weighted by atomic mass is 10.1. The van der Waals surface area contributed by atoms with Crippen molar-refractivity contribution in [2.24, 2.45) is 7.05 Å². The SMILES string of the molecule is Cc1nn(C)c(C)c1NC(=O)[C@@H](C)OC(=O)CCCC[C@H]1CCSS1. The summed E-state index contributed by atoms with van der Waals surface area (Å²) in [5.41, 5.74) is 2.30. The number of rotatable bonds is 8. The van der Waals surface area contributed by atoms with Crippen LogP contribution in [0.4, 0.5) is 5.69 Å². The van der Waals surface area contributed by atoms with Gasteiger partial charge in [0.05, 0.1) is 17.1 Å². The van der Waals surface area contributed by atoms with Gasteiger partial charge in [-0.05, 0) is 40.0 Å². The maximum absolute atomic E-state index is 12.2. The fourth-order valence-corrected chi connectivity index (χ4v) is 5.72. The van der Waals surface area contributed by atoms with Crippen molar-refractivity contribution in [3.8, 4) is 0 Å². The van der Waals surface area contributed by atoms with E-state index >= 15 is 0 Å². The Bertz CT molecular complexity index is 613. The number of carbonyl (C=O) groups is 2. The van der Waals surface area contributed by atoms with Gasteiger partial charge in [-0.1, -0.05) is 28.0 Å². The van der Waals surface area contributed by atoms with E-state index in [0.717, 1.165) is 35.9 Å². The van der Waals surface area contributed by atoms with E-state index in [1.165, 1.54) is 12.2 Å². The Morgan fingerprint density at radius 2 is 2.16 bits per heavy atom. The van der Waals surface area contributed by atoms with Gasteiger partial charge in [-0.2, -0.15) is 5.10 Å². The molecule has 0 spiro atoms. The smallest absolute Gasteiger partial charge is 0.306 e. The molecule has 0 aliphatic carbocycles. The number of aryl methyl sites for hydroxylation is 2. The molecule has 2 rings (SSSR count). The number of carbonyl (C=O) groups excluding carboxylic acids is 2. The average molecular weight is 386 g/mol. The Kier molecular flexibility index (Phi) is 7.68. The van der Waals surface area contributed by atoms with Crippen LogP contribution >= 0.6 is 21.6 Å². The number of unbranched alkanes of at least 4 members (excludes halogenated alkanes) is 1. The van der Waals surface area contributed by atoms with Gasteiger partial charge in [-0.3, -0.25) is 14.3 Å². The van der Waals surface area contributed by atoms with Crippen molar-refractivity contribution < 1.29 is 14.3 Å². The minimum atomic E-state index is -0.812. The summed E-state index contributed by atoms with van der Waals surface area (Å²) in [6, 6.07) is 0. The number of hydrogen-bond acceptors (Lipinski definition) is 6. The van der Waals surface area contributed by atoms with Gasteiger partial charge in [0.25, 0.3) is 5.91 Å². The molecule has 1 amide bonds. The third kappa shape index (κ3) is 5.95. The molecule has 0 saturated carbocycles. The van der Waals surface area contributed by atoms with E-state index in [1.54, 1.807) is 11.6 Å². The van der Waals surface area contributed by atoms with Crippen LogP contribution in [0.3, 0.4) is 0 Å². The first-order chi connectivity index (χ1) is 11.9. The van der Waals surface area contributed by atoms with Gasteiger partial charge in [0, 0.05) is 24.5 Å². The van der Waals surface area contributed by atoms with Crippen LogP contribution in [0.2, 0.25) is 0 Å². The van der Waals surface area contributed by atoms with Crippen LogP contribution in [0.1, 0.15) is 50.4 Å². The molecule has 1 fully saturated rings. The second kappa shape index (κ2) is 9.52. The Hall–Kier alpha value is -1.15. The fourth-order valence-electron chi connectivity index (χ4n) is 2.69. The van der Waals surface area contributed by atoms with Crippen LogP contribution < -0.4 is 5.32 Å². The van der Waals surface area contributed by atoms with E-state index in [9.17, 15) is 9.59 Å². The molecule has 1 saturated heterocycles. The molecule has 25 heavy (non-hydrogen) atoms. The zero-order valence-electron chi connectivity index (χ0n) is 15.3. The predicted octanol–water partition coefficient (Wildman–Crippen LogP) is 3.62. The third-order valence-electron chi connectivity index (χ3n) is 4.32. The molecular formula is C17H27N3O3S2. The van der Waals surface area contributed by atoms with Crippen molar-refractivity contribution in [3.63, 3.8) is 0 Å². The number of nitrogens with one attached hydrogen (secondary N) is 1. The molecule has 1 aliphatic rings. The fraction of sp³-hybridized carbons (Fsp3) is 0.706. The maximum atomic E-state index is 12.2. The molecule has 0 aromatic carbocycles. The number of anilines is 1. The van der Waals surface area contributed by atoms with Crippen molar-refractivity contribution in [1.82, 2.24) is 9.78 Å². The number of amides is 1. The summed E-state index contributed by atoms with van der Waals surface area (Å²) in [7, 11) is 5.72. The molecule has 0 bridgehead atoms. The van der Waals surface area contributed by atoms with Crippen LogP contribution in [0.5, 0.6) is 0 Å². The van der Waals surface area contributed by atoms with Gasteiger partial charge in [0.1, 0.15) is 0 Å². The summed E-state index contributed by atoms with van der Waals surface area (Å²) < 4.78 is 6.97. The predicted molar refractivity (Wildman–Crippen MR) is 104 cm³/mol. The van der Waals surface area contributed by atoms with Crippen molar-refractivity contribution in [2.45, 2.75) is 64.2 Å². The third-order valence-corrected chi connectivity index (χ3v) is 7.33. The molecule has 8 heteroatoms. The summed E-state index contributed by atoms with van der Waals surface area (Å²) in [5, 5.41) is 7.79. The Labute approximate surface area is 157 Å². The number of aromatic nitrogens is 2. The van der Waals surface area contributed by atoms with Gasteiger partial charge >= 0.3 is 5.97 Å². The zero-order valence-corrected chi connectivity index (χ0v) is 17.0. The standard InChI is InChI=1S/C17H27N3O3S2/c1-11-16(12(2)20(4)19-11)18-17(22)13(3)23-15(21)8-6-5-7-14-9-10-24-25-14/h13-14H,5-10H2,1-4H3,(H,18,22)/t13-,14+/m1/s1. The molecule has 6 nitrogen and oxygen atoms in total. The van der Waals surface area contributed by atoms with Crippen LogP contribution in [-0.4, -0.2) is 38.8 Å². The van der Waals surface area contributed by atoms with Gasteiger partial charge in [-0.25, -0.2) is 0 Å². The van der Waals surface area contributed by atoms with Crippen LogP contribution in [-0.2, 0) is 21.4 Å². The number of nitrogens with zero attached hydrogens (tertiary/aromatic N) is 2. The first-order valence-corrected chi connectivity index (χ1v) is 11.1. The summed E-state index contributed by atoms with van der Waals surface area (Å²) in [5.74, 6) is 0.600. The normalized spacial score (nSPS) is 18.2. The average Bonchev–Trinajstić information content (AvgIpc) is 3.15. The van der Waals surface area contributed by atoms with Crippen molar-refractivity contribution in [2.75, 3.05) is 11.1 Å². The van der Waals surface area contributed by atoms with E-state index in [1.807, 2.05) is 42.5 Å². The second-order valence-electron chi connectivity index (χ2n) is 6.37. The van der Waals surface area contributed by atoms with Gasteiger partial charge in [0.2, 0.25) is 0 Å². The lowest BCUT2D eigenvalue weighted by Gasteiger charge is -2.14. The summed E-state index contributed by atoms with van der Waals surface area (Å²) in [6.45, 7) is 5.31. The van der Waals surface area contributed by atoms with Crippen LogP contribution in [0.25, 0.3) is 0 Å². The second-order valence-corrected chi connectivity index (χ2v) is 9.15. The first-order valence-electron chi connectivity index (χ1n) is 8.67. The molecule has 2 heterocycles. The quantitative estimate of drug-likeness (QED) is 0.419. The highest BCUT2D eigenvalue weighted by atomic mass is 33.1. The zero-order chi connectivity index (χ0) is 18.4. The minimum absolute atomic E-state index is 0.310. The molecule has 2 atom stereocenters. The van der Waals surface area contributed by atoms with Crippen molar-refractivity contribution in [3.05, 3.63) is 11.4 Å². The topological polar surface area (TPSA) is 73.2 Å². The molecular weight excluding hydrogens is 358 g/mol. The monoisotopic (exact) mass is 385 g/mol. The lowest BCUT2D eigenvalue weighted by Crippen LogP contribution is -2.30. The molecule has 1 N–H and O–H groups in total. The minimum Gasteiger partial charge on any atom is -0.453 e. The highest BCUT2D eigenvalue weighted by Crippen LogP contribution is 2.39. The summed E-state index contributed by atoms with van der Waals surface area (Å²) in [4.78, 5) is 24.2. The van der Waals surface area contributed by atoms with Crippen LogP contribution in [0, 0.1) is 13.8 Å². The van der Waals surface area contributed by atoms with E-state index in [4.69, 9.17) is 4.74 Å². The van der Waals surface area contributed by atoms with Gasteiger partial charge in [-0.15, -0.1) is 0 Å². The number of ether oxygens (including phenoxy) is 1. The lowest BCUT2D eigenvalue weighted by molar-refractivity contribution is -0.153. The Morgan fingerprint density at radius 1 is 1.40 bits per heavy atom. The number of hydrogen-bond donors (Lipinski definition) is 1. The highest BCUT2D eigenvalue weighted by molar-refractivity contribution is 8.77. The molecule has 140 valence electrons. The summed E-state index contributed by atoms with van der Waals surface area (Å²) >= 11 is 0. The van der Waals surface area contributed by atoms with E-state index in [2.05, 4.69) is 10.4 Å². The van der Waals surface area contributed by atoms with Crippen LogP contribution in [0.15, 0.2) is 0 Å². The molecule has 0 unspecified atom stereocenters. The largest absolute Gasteiger partial charge is 0.453 e. The molecule has 1 aromatic heterocycles. The first kappa shape index (κ1) is 20.2. The number of esters is 1. The van der Waals surface area contributed by atoms with E-state index < -0.39 is 6.10 Å². The Balaban J connectivity index is 1.69. The molecule has 1 aromatic rings. The highest BCUT2D eigenvalue weighted by Gasteiger charge is 2.21. The van der Waals surface area contributed by atoms with Gasteiger partial charge in [0.15, 0.2) is 6.10 Å². The molecule has 1 aliphatic heterocycles. The van der Waals surface area contributed by atoms with E-state index in [-0.39, 0.29) is 11.9 Å². The van der Waals surface area contributed by atoms with Crippen molar-refractivity contribution in [1.29, 1.82) is 0 Å². The van der Waals surface area contributed by atoms with E-state index in [0.29, 0.717) is 12.1 Å².